The van der Waals surface area contributed by atoms with E-state index in [1.165, 1.54) is 12.4 Å². The van der Waals surface area contributed by atoms with Gasteiger partial charge in [-0.2, -0.15) is 0 Å². The largest absolute Gasteiger partial charge is 0.479 e. The molecular weight excluding hydrogens is 470 g/mol. The summed E-state index contributed by atoms with van der Waals surface area (Å²) in [6.07, 6.45) is -0.487. The monoisotopic (exact) mass is 493 g/mol. The normalized spacial score (nSPS) is 18.5. The number of aliphatic carboxylic acids is 1. The van der Waals surface area contributed by atoms with E-state index in [2.05, 4.69) is 22.4 Å². The molecule has 1 aromatic heterocycles. The van der Waals surface area contributed by atoms with Crippen LogP contribution >= 0.6 is 11.3 Å². The maximum absolute atomic E-state index is 12.9. The Balaban J connectivity index is 1.23. The SMILES string of the molecule is CN(C(=O)c1csc(NC(=O)OCC2c3ccccc3-c3ccccc32)n1)C1(C(=O)O)CCOC1. The van der Waals surface area contributed by atoms with Crippen molar-refractivity contribution in [1.29, 1.82) is 0 Å². The van der Waals surface area contributed by atoms with E-state index in [-0.39, 0.29) is 43.0 Å². The molecule has 2 heterocycles. The molecule has 1 fully saturated rings. The third kappa shape index (κ3) is 4.04. The van der Waals surface area contributed by atoms with Gasteiger partial charge in [0, 0.05) is 31.4 Å². The standard InChI is InChI=1S/C25H23N3O6S/c1-28(25(22(30)31)10-11-33-14-25)21(29)20-13-35-23(26-20)27-24(32)34-12-19-17-8-4-2-6-15(17)16-7-3-5-9-18(16)19/h2-9,13,19H,10-12,14H2,1H3,(H,30,31)(H,26,27,32). The van der Waals surface area contributed by atoms with Gasteiger partial charge in [-0.05, 0) is 22.3 Å². The number of likely N-dealkylation sites (N-methyl/N-ethyl adjacent to an activating group) is 1. The lowest BCUT2D eigenvalue weighted by molar-refractivity contribution is -0.149. The van der Waals surface area contributed by atoms with Gasteiger partial charge in [-0.15, -0.1) is 11.3 Å². The van der Waals surface area contributed by atoms with Gasteiger partial charge in [0.25, 0.3) is 5.91 Å². The van der Waals surface area contributed by atoms with Gasteiger partial charge in [0.1, 0.15) is 12.3 Å². The van der Waals surface area contributed by atoms with E-state index >= 15 is 0 Å². The van der Waals surface area contributed by atoms with Crippen molar-refractivity contribution in [2.24, 2.45) is 0 Å². The predicted octanol–water partition coefficient (Wildman–Crippen LogP) is 3.82. The van der Waals surface area contributed by atoms with Crippen molar-refractivity contribution in [3.63, 3.8) is 0 Å². The van der Waals surface area contributed by atoms with Gasteiger partial charge in [0.05, 0.1) is 6.61 Å². The molecule has 2 aromatic carbocycles. The number of nitrogens with zero attached hydrogens (tertiary/aromatic N) is 2. The first-order valence-corrected chi connectivity index (χ1v) is 12.0. The number of hydrogen-bond donors (Lipinski definition) is 2. The number of aromatic nitrogens is 1. The number of amides is 2. The van der Waals surface area contributed by atoms with Gasteiger partial charge in [-0.25, -0.2) is 14.6 Å². The Morgan fingerprint density at radius 1 is 1.17 bits per heavy atom. The first-order chi connectivity index (χ1) is 16.9. The summed E-state index contributed by atoms with van der Waals surface area (Å²) in [6.45, 7) is 0.329. The Labute approximate surface area is 205 Å². The highest BCUT2D eigenvalue weighted by molar-refractivity contribution is 7.14. The molecule has 10 heteroatoms. The second-order valence-corrected chi connectivity index (χ2v) is 9.35. The molecule has 1 atom stereocenters. The number of carbonyl (C=O) groups excluding carboxylic acids is 2. The fourth-order valence-corrected chi connectivity index (χ4v) is 5.32. The van der Waals surface area contributed by atoms with Crippen molar-refractivity contribution in [2.45, 2.75) is 17.9 Å². The average Bonchev–Trinajstić information content (AvgIpc) is 3.60. The van der Waals surface area contributed by atoms with Crippen LogP contribution in [-0.2, 0) is 14.3 Å². The van der Waals surface area contributed by atoms with E-state index < -0.39 is 23.5 Å². The highest BCUT2D eigenvalue weighted by atomic mass is 32.1. The Hall–Kier alpha value is -3.76. The second kappa shape index (κ2) is 9.12. The molecule has 2 N–H and O–H groups in total. The minimum absolute atomic E-state index is 0.0407. The molecule has 0 spiro atoms. The molecule has 1 aliphatic carbocycles. The van der Waals surface area contributed by atoms with Crippen LogP contribution in [0.2, 0.25) is 0 Å². The third-order valence-corrected chi connectivity index (χ3v) is 7.38. The molecule has 3 aromatic rings. The van der Waals surface area contributed by atoms with Crippen LogP contribution in [0.1, 0.15) is 34.0 Å². The quantitative estimate of drug-likeness (QED) is 0.536. The van der Waals surface area contributed by atoms with Gasteiger partial charge in [0.15, 0.2) is 10.7 Å². The lowest BCUT2D eigenvalue weighted by Gasteiger charge is -2.32. The molecule has 0 radical (unpaired) electrons. The van der Waals surface area contributed by atoms with Gasteiger partial charge < -0.3 is 19.5 Å². The number of rotatable bonds is 6. The highest BCUT2D eigenvalue weighted by Gasteiger charge is 2.48. The summed E-state index contributed by atoms with van der Waals surface area (Å²) in [6, 6.07) is 16.1. The van der Waals surface area contributed by atoms with Crippen LogP contribution in [0.25, 0.3) is 11.1 Å². The van der Waals surface area contributed by atoms with E-state index in [0.717, 1.165) is 38.5 Å². The first-order valence-electron chi connectivity index (χ1n) is 11.1. The van der Waals surface area contributed by atoms with Gasteiger partial charge in [-0.1, -0.05) is 48.5 Å². The maximum atomic E-state index is 12.9. The smallest absolute Gasteiger partial charge is 0.413 e. The van der Waals surface area contributed by atoms with Crippen molar-refractivity contribution < 1.29 is 29.0 Å². The summed E-state index contributed by atoms with van der Waals surface area (Å²) in [4.78, 5) is 42.5. The zero-order valence-corrected chi connectivity index (χ0v) is 19.7. The zero-order chi connectivity index (χ0) is 24.6. The molecule has 180 valence electrons. The molecule has 0 bridgehead atoms. The Bertz CT molecular complexity index is 1250. The van der Waals surface area contributed by atoms with Crippen LogP contribution in [0.15, 0.2) is 53.9 Å². The van der Waals surface area contributed by atoms with Crippen LogP contribution in [0.5, 0.6) is 0 Å². The Morgan fingerprint density at radius 2 is 1.83 bits per heavy atom. The summed E-state index contributed by atoms with van der Waals surface area (Å²) >= 11 is 1.06. The first kappa shape index (κ1) is 23.0. The average molecular weight is 494 g/mol. The summed E-state index contributed by atoms with van der Waals surface area (Å²) < 4.78 is 10.8. The minimum atomic E-state index is -1.43. The van der Waals surface area contributed by atoms with Crippen LogP contribution in [0.3, 0.4) is 0 Å². The van der Waals surface area contributed by atoms with Gasteiger partial charge in [0.2, 0.25) is 0 Å². The van der Waals surface area contributed by atoms with Crippen LogP contribution < -0.4 is 5.32 Å². The lowest BCUT2D eigenvalue weighted by Crippen LogP contribution is -2.56. The van der Waals surface area contributed by atoms with Gasteiger partial charge in [-0.3, -0.25) is 10.1 Å². The Morgan fingerprint density at radius 3 is 2.43 bits per heavy atom. The number of carboxylic acids is 1. The fourth-order valence-electron chi connectivity index (χ4n) is 4.65. The molecular formula is C25H23N3O6S. The second-order valence-electron chi connectivity index (χ2n) is 8.49. The summed E-state index contributed by atoms with van der Waals surface area (Å²) in [7, 11) is 1.42. The molecule has 1 unspecified atom stereocenters. The number of hydrogen-bond acceptors (Lipinski definition) is 7. The van der Waals surface area contributed by atoms with Gasteiger partial charge >= 0.3 is 12.1 Å². The number of fused-ring (bicyclic) bond motifs is 3. The van der Waals surface area contributed by atoms with E-state index in [4.69, 9.17) is 9.47 Å². The summed E-state index contributed by atoms with van der Waals surface area (Å²) in [5, 5.41) is 13.9. The van der Waals surface area contributed by atoms with E-state index in [9.17, 15) is 19.5 Å². The molecule has 1 saturated heterocycles. The summed E-state index contributed by atoms with van der Waals surface area (Å²) in [5.74, 6) is -1.76. The number of carboxylic acid groups (broad SMARTS) is 1. The van der Waals surface area contributed by atoms with Crippen molar-refractivity contribution in [3.05, 3.63) is 70.7 Å². The molecule has 5 rings (SSSR count). The number of anilines is 1. The number of carbonyl (C=O) groups is 3. The maximum Gasteiger partial charge on any atom is 0.413 e. The minimum Gasteiger partial charge on any atom is -0.479 e. The molecule has 2 aliphatic rings. The fraction of sp³-hybridized carbons (Fsp3) is 0.280. The lowest BCUT2D eigenvalue weighted by atomic mass is 9.96. The highest BCUT2D eigenvalue weighted by Crippen LogP contribution is 2.44. The van der Waals surface area contributed by atoms with Crippen molar-refractivity contribution in [1.82, 2.24) is 9.88 Å². The van der Waals surface area contributed by atoms with Crippen LogP contribution in [-0.4, -0.2) is 65.4 Å². The third-order valence-electron chi connectivity index (χ3n) is 6.62. The Kier molecular flexibility index (Phi) is 6.00. The van der Waals surface area contributed by atoms with Crippen molar-refractivity contribution in [3.8, 4) is 11.1 Å². The molecule has 9 nitrogen and oxygen atoms in total. The number of thiazole rings is 1. The number of ether oxygens (including phenoxy) is 2. The van der Waals surface area contributed by atoms with Crippen molar-refractivity contribution >= 4 is 34.4 Å². The van der Waals surface area contributed by atoms with Crippen LogP contribution in [0, 0.1) is 0 Å². The number of nitrogens with one attached hydrogen (secondary N) is 1. The number of benzene rings is 2. The van der Waals surface area contributed by atoms with E-state index in [1.54, 1.807) is 0 Å². The van der Waals surface area contributed by atoms with Crippen molar-refractivity contribution in [2.75, 3.05) is 32.2 Å². The van der Waals surface area contributed by atoms with E-state index in [0.29, 0.717) is 0 Å². The topological polar surface area (TPSA) is 118 Å². The molecule has 0 saturated carbocycles. The molecule has 1 aliphatic heterocycles. The van der Waals surface area contributed by atoms with E-state index in [1.807, 2.05) is 36.4 Å². The summed E-state index contributed by atoms with van der Waals surface area (Å²) in [5.41, 5.74) is 3.09. The zero-order valence-electron chi connectivity index (χ0n) is 18.9. The predicted molar refractivity (Wildman–Crippen MR) is 129 cm³/mol. The molecule has 2 amide bonds. The van der Waals surface area contributed by atoms with Crippen LogP contribution in [0.4, 0.5) is 9.93 Å². The molecule has 35 heavy (non-hydrogen) atoms.